The van der Waals surface area contributed by atoms with E-state index in [0.29, 0.717) is 11.3 Å². The number of hydrogen-bond acceptors (Lipinski definition) is 3. The predicted molar refractivity (Wildman–Crippen MR) is 69.8 cm³/mol. The van der Waals surface area contributed by atoms with Crippen molar-refractivity contribution in [1.82, 2.24) is 4.98 Å². The van der Waals surface area contributed by atoms with Crippen LogP contribution in [0.25, 0.3) is 0 Å². The number of benzene rings is 1. The van der Waals surface area contributed by atoms with Crippen LogP contribution in [0.2, 0.25) is 0 Å². The first-order chi connectivity index (χ1) is 8.16. The van der Waals surface area contributed by atoms with Gasteiger partial charge >= 0.3 is 0 Å². The van der Waals surface area contributed by atoms with Gasteiger partial charge < -0.3 is 11.1 Å². The van der Waals surface area contributed by atoms with Crippen LogP contribution in [-0.2, 0) is 0 Å². The largest absolute Gasteiger partial charge is 0.389 e. The van der Waals surface area contributed by atoms with E-state index in [2.05, 4.69) is 10.3 Å². The Kier molecular flexibility index (Phi) is 3.30. The van der Waals surface area contributed by atoms with Gasteiger partial charge in [0.15, 0.2) is 0 Å². The number of nitrogens with two attached hydrogens (primary N) is 1. The van der Waals surface area contributed by atoms with E-state index in [1.807, 2.05) is 0 Å². The average molecular weight is 247 g/mol. The van der Waals surface area contributed by atoms with Gasteiger partial charge in [0.05, 0.1) is 17.6 Å². The smallest absolute Gasteiger partial charge is 0.147 e. The third kappa shape index (κ3) is 2.76. The minimum Gasteiger partial charge on any atom is -0.389 e. The lowest BCUT2D eigenvalue weighted by Crippen LogP contribution is -2.09. The monoisotopic (exact) mass is 247 g/mol. The van der Waals surface area contributed by atoms with Gasteiger partial charge in [-0.2, -0.15) is 0 Å². The minimum absolute atomic E-state index is 0.178. The van der Waals surface area contributed by atoms with Gasteiger partial charge in [-0.3, -0.25) is 4.98 Å². The molecule has 2 aromatic rings. The summed E-state index contributed by atoms with van der Waals surface area (Å²) in [7, 11) is 0. The highest BCUT2D eigenvalue weighted by molar-refractivity contribution is 7.80. The molecule has 5 heteroatoms. The molecular weight excluding hydrogens is 237 g/mol. The Hall–Kier alpha value is -2.01. The molecule has 0 fully saturated rings. The van der Waals surface area contributed by atoms with Crippen molar-refractivity contribution in [3.05, 3.63) is 54.1 Å². The van der Waals surface area contributed by atoms with Crippen LogP contribution in [0.5, 0.6) is 0 Å². The molecule has 1 aromatic carbocycles. The van der Waals surface area contributed by atoms with Crippen molar-refractivity contribution in [2.75, 3.05) is 5.32 Å². The van der Waals surface area contributed by atoms with Crippen molar-refractivity contribution in [1.29, 1.82) is 0 Å². The van der Waals surface area contributed by atoms with Crippen LogP contribution >= 0.6 is 12.2 Å². The summed E-state index contributed by atoms with van der Waals surface area (Å²) in [6.07, 6.45) is 3.26. The lowest BCUT2D eigenvalue weighted by Gasteiger charge is -2.08. The zero-order chi connectivity index (χ0) is 12.3. The van der Waals surface area contributed by atoms with E-state index in [1.165, 1.54) is 6.07 Å². The van der Waals surface area contributed by atoms with E-state index in [-0.39, 0.29) is 4.99 Å². The predicted octanol–water partition coefficient (Wildman–Crippen LogP) is 2.60. The molecule has 17 heavy (non-hydrogen) atoms. The Morgan fingerprint density at radius 1 is 1.35 bits per heavy atom. The van der Waals surface area contributed by atoms with Crippen LogP contribution in [0.15, 0.2) is 42.7 Å². The fourth-order valence-electron chi connectivity index (χ4n) is 1.36. The molecule has 0 atom stereocenters. The maximum Gasteiger partial charge on any atom is 0.147 e. The van der Waals surface area contributed by atoms with Crippen LogP contribution in [0.4, 0.5) is 15.8 Å². The fraction of sp³-hybridized carbons (Fsp3) is 0. The first kappa shape index (κ1) is 11.5. The van der Waals surface area contributed by atoms with Gasteiger partial charge in [-0.15, -0.1) is 0 Å². The quantitative estimate of drug-likeness (QED) is 0.819. The molecule has 0 radical (unpaired) electrons. The minimum atomic E-state index is -0.404. The number of pyridine rings is 1. The molecule has 2 rings (SSSR count). The van der Waals surface area contributed by atoms with Gasteiger partial charge in [0.2, 0.25) is 0 Å². The Balaban J connectivity index is 2.26. The van der Waals surface area contributed by atoms with Gasteiger partial charge in [0, 0.05) is 11.8 Å². The van der Waals surface area contributed by atoms with Crippen molar-refractivity contribution in [3.8, 4) is 0 Å². The topological polar surface area (TPSA) is 50.9 Å². The maximum atomic E-state index is 13.7. The van der Waals surface area contributed by atoms with Crippen LogP contribution < -0.4 is 11.1 Å². The maximum absolute atomic E-state index is 13.7. The van der Waals surface area contributed by atoms with E-state index >= 15 is 0 Å². The van der Waals surface area contributed by atoms with E-state index in [4.69, 9.17) is 18.0 Å². The zero-order valence-electron chi connectivity index (χ0n) is 8.85. The summed E-state index contributed by atoms with van der Waals surface area (Å²) < 4.78 is 13.7. The second-order valence-electron chi connectivity index (χ2n) is 3.43. The Morgan fingerprint density at radius 2 is 2.18 bits per heavy atom. The van der Waals surface area contributed by atoms with Crippen molar-refractivity contribution in [3.63, 3.8) is 0 Å². The van der Waals surface area contributed by atoms with Gasteiger partial charge in [0.1, 0.15) is 10.8 Å². The second kappa shape index (κ2) is 4.88. The Bertz CT molecular complexity index is 543. The van der Waals surface area contributed by atoms with Crippen molar-refractivity contribution < 1.29 is 4.39 Å². The standard InChI is InChI=1S/C12H10FN3S/c13-10-6-8(12(14)17)3-4-11(10)16-9-2-1-5-15-7-9/h1-7,16H,(H2,14,17). The van der Waals surface area contributed by atoms with Crippen LogP contribution in [0, 0.1) is 5.82 Å². The first-order valence-corrected chi connectivity index (χ1v) is 5.34. The molecule has 0 saturated heterocycles. The van der Waals surface area contributed by atoms with E-state index in [9.17, 15) is 4.39 Å². The summed E-state index contributed by atoms with van der Waals surface area (Å²) in [4.78, 5) is 4.11. The average Bonchev–Trinajstić information content (AvgIpc) is 2.33. The van der Waals surface area contributed by atoms with Crippen molar-refractivity contribution in [2.45, 2.75) is 0 Å². The molecule has 3 nitrogen and oxygen atoms in total. The number of aromatic nitrogens is 1. The number of anilines is 2. The molecule has 0 aliphatic carbocycles. The number of rotatable bonds is 3. The van der Waals surface area contributed by atoms with Crippen LogP contribution in [0.3, 0.4) is 0 Å². The van der Waals surface area contributed by atoms with Gasteiger partial charge in [-0.25, -0.2) is 4.39 Å². The number of thiocarbonyl (C=S) groups is 1. The Labute approximate surface area is 103 Å². The molecular formula is C12H10FN3S. The number of nitrogens with zero attached hydrogens (tertiary/aromatic N) is 1. The molecule has 0 aliphatic heterocycles. The van der Waals surface area contributed by atoms with Gasteiger partial charge in [0.25, 0.3) is 0 Å². The van der Waals surface area contributed by atoms with E-state index in [1.54, 1.807) is 36.7 Å². The van der Waals surface area contributed by atoms with Crippen LogP contribution in [-0.4, -0.2) is 9.97 Å². The lowest BCUT2D eigenvalue weighted by molar-refractivity contribution is 0.631. The van der Waals surface area contributed by atoms with E-state index < -0.39 is 5.82 Å². The summed E-state index contributed by atoms with van der Waals surface area (Å²) in [5.74, 6) is -0.404. The summed E-state index contributed by atoms with van der Waals surface area (Å²) in [6.45, 7) is 0. The third-order valence-corrected chi connectivity index (χ3v) is 2.43. The molecule has 1 aromatic heterocycles. The van der Waals surface area contributed by atoms with Crippen LogP contribution in [0.1, 0.15) is 5.56 Å². The first-order valence-electron chi connectivity index (χ1n) is 4.93. The summed E-state index contributed by atoms with van der Waals surface area (Å²) in [6, 6.07) is 8.14. The molecule has 0 amide bonds. The number of hydrogen-bond donors (Lipinski definition) is 2. The molecule has 0 bridgehead atoms. The van der Waals surface area contributed by atoms with Crippen molar-refractivity contribution in [2.24, 2.45) is 5.73 Å². The molecule has 1 heterocycles. The number of nitrogens with one attached hydrogen (secondary N) is 1. The van der Waals surface area contributed by atoms with E-state index in [0.717, 1.165) is 5.69 Å². The fourth-order valence-corrected chi connectivity index (χ4v) is 1.49. The Morgan fingerprint density at radius 3 is 2.76 bits per heavy atom. The zero-order valence-corrected chi connectivity index (χ0v) is 9.67. The highest BCUT2D eigenvalue weighted by Crippen LogP contribution is 2.20. The molecule has 86 valence electrons. The number of halogens is 1. The van der Waals surface area contributed by atoms with Crippen molar-refractivity contribution >= 4 is 28.6 Å². The summed E-state index contributed by atoms with van der Waals surface area (Å²) >= 11 is 4.78. The van der Waals surface area contributed by atoms with Gasteiger partial charge in [-0.1, -0.05) is 12.2 Å². The second-order valence-corrected chi connectivity index (χ2v) is 3.87. The third-order valence-electron chi connectivity index (χ3n) is 2.19. The SMILES string of the molecule is NC(=S)c1ccc(Nc2cccnc2)c(F)c1. The highest BCUT2D eigenvalue weighted by Gasteiger charge is 2.05. The molecule has 0 saturated carbocycles. The summed E-state index contributed by atoms with van der Waals surface area (Å²) in [5, 5.41) is 2.92. The molecule has 0 unspecified atom stereocenters. The molecule has 0 spiro atoms. The highest BCUT2D eigenvalue weighted by atomic mass is 32.1. The molecule has 3 N–H and O–H groups in total. The summed E-state index contributed by atoms with van der Waals surface area (Å²) in [5.41, 5.74) is 7.00. The van der Waals surface area contributed by atoms with Gasteiger partial charge in [-0.05, 0) is 30.3 Å². The normalized spacial score (nSPS) is 9.94. The molecule has 0 aliphatic rings. The lowest BCUT2D eigenvalue weighted by atomic mass is 10.2.